The van der Waals surface area contributed by atoms with Crippen LogP contribution in [0.1, 0.15) is 20.8 Å². The SMILES string of the molecule is Cc1cc(F)ccc1NC(=O)c1cc(COc2ccc([N+](=O)[O-])cc2)cs1. The summed E-state index contributed by atoms with van der Waals surface area (Å²) in [5.41, 5.74) is 1.99. The molecule has 0 saturated carbocycles. The average Bonchev–Trinajstić information content (AvgIpc) is 3.12. The number of ether oxygens (including phenoxy) is 1. The molecule has 0 aliphatic heterocycles. The summed E-state index contributed by atoms with van der Waals surface area (Å²) in [7, 11) is 0. The minimum atomic E-state index is -0.476. The molecule has 138 valence electrons. The predicted octanol–water partition coefficient (Wildman–Crippen LogP) is 4.94. The molecular weight excluding hydrogens is 371 g/mol. The lowest BCUT2D eigenvalue weighted by Crippen LogP contribution is -2.11. The molecule has 1 aromatic heterocycles. The fourth-order valence-corrected chi connectivity index (χ4v) is 3.14. The highest BCUT2D eigenvalue weighted by atomic mass is 32.1. The van der Waals surface area contributed by atoms with Crippen LogP contribution in [0.5, 0.6) is 5.75 Å². The minimum absolute atomic E-state index is 0.00655. The fraction of sp³-hybridized carbons (Fsp3) is 0.105. The van der Waals surface area contributed by atoms with Crippen molar-refractivity contribution in [1.29, 1.82) is 0 Å². The van der Waals surface area contributed by atoms with Crippen LogP contribution < -0.4 is 10.1 Å². The van der Waals surface area contributed by atoms with Gasteiger partial charge < -0.3 is 10.1 Å². The molecule has 6 nitrogen and oxygen atoms in total. The van der Waals surface area contributed by atoms with Crippen molar-refractivity contribution in [1.82, 2.24) is 0 Å². The first-order valence-electron chi connectivity index (χ1n) is 7.94. The molecule has 0 atom stereocenters. The maximum Gasteiger partial charge on any atom is 0.269 e. The summed E-state index contributed by atoms with van der Waals surface area (Å²) in [6.07, 6.45) is 0. The van der Waals surface area contributed by atoms with Crippen LogP contribution in [0.4, 0.5) is 15.8 Å². The summed E-state index contributed by atoms with van der Waals surface area (Å²) >= 11 is 1.27. The molecule has 3 rings (SSSR count). The number of nitro benzene ring substituents is 1. The van der Waals surface area contributed by atoms with Crippen molar-refractivity contribution >= 4 is 28.6 Å². The number of carbonyl (C=O) groups excluding carboxylic acids is 1. The molecule has 0 radical (unpaired) electrons. The van der Waals surface area contributed by atoms with Crippen molar-refractivity contribution in [2.45, 2.75) is 13.5 Å². The number of rotatable bonds is 6. The Bertz CT molecular complexity index is 986. The van der Waals surface area contributed by atoms with Gasteiger partial charge in [0.2, 0.25) is 0 Å². The van der Waals surface area contributed by atoms with Crippen LogP contribution in [0, 0.1) is 22.9 Å². The highest BCUT2D eigenvalue weighted by Gasteiger charge is 2.12. The van der Waals surface area contributed by atoms with Gasteiger partial charge in [-0.2, -0.15) is 0 Å². The molecule has 0 saturated heterocycles. The van der Waals surface area contributed by atoms with Crippen molar-refractivity contribution in [3.8, 4) is 5.75 Å². The fourth-order valence-electron chi connectivity index (χ4n) is 2.35. The number of hydrogen-bond acceptors (Lipinski definition) is 5. The first-order valence-corrected chi connectivity index (χ1v) is 8.82. The van der Waals surface area contributed by atoms with E-state index in [9.17, 15) is 19.3 Å². The Labute approximate surface area is 158 Å². The molecular formula is C19H15FN2O4S. The molecule has 0 fully saturated rings. The predicted molar refractivity (Wildman–Crippen MR) is 101 cm³/mol. The lowest BCUT2D eigenvalue weighted by Gasteiger charge is -2.07. The molecule has 8 heteroatoms. The number of nitrogens with one attached hydrogen (secondary N) is 1. The molecule has 0 unspecified atom stereocenters. The Kier molecular flexibility index (Phi) is 5.46. The third-order valence-corrected chi connectivity index (χ3v) is 4.75. The van der Waals surface area contributed by atoms with Gasteiger partial charge in [0.15, 0.2) is 0 Å². The number of carbonyl (C=O) groups is 1. The van der Waals surface area contributed by atoms with Crippen LogP contribution in [0.2, 0.25) is 0 Å². The first kappa shape index (κ1) is 18.5. The number of non-ortho nitro benzene ring substituents is 1. The van der Waals surface area contributed by atoms with Crippen molar-refractivity contribution in [2.24, 2.45) is 0 Å². The second-order valence-electron chi connectivity index (χ2n) is 5.77. The Morgan fingerprint density at radius 3 is 2.63 bits per heavy atom. The van der Waals surface area contributed by atoms with E-state index in [4.69, 9.17) is 4.74 Å². The second kappa shape index (κ2) is 7.96. The van der Waals surface area contributed by atoms with Crippen LogP contribution in [0.3, 0.4) is 0 Å². The minimum Gasteiger partial charge on any atom is -0.489 e. The molecule has 2 aromatic carbocycles. The second-order valence-corrected chi connectivity index (χ2v) is 6.68. The maximum atomic E-state index is 13.1. The van der Waals surface area contributed by atoms with E-state index in [-0.39, 0.29) is 24.0 Å². The van der Waals surface area contributed by atoms with E-state index in [1.54, 1.807) is 18.4 Å². The zero-order valence-corrected chi connectivity index (χ0v) is 15.1. The standard InChI is InChI=1S/C19H15FN2O4S/c1-12-8-14(20)2-7-17(12)21-19(23)18-9-13(11-27-18)10-26-16-5-3-15(4-6-16)22(24)25/h2-9,11H,10H2,1H3,(H,21,23). The molecule has 0 aliphatic carbocycles. The summed E-state index contributed by atoms with van der Waals surface area (Å²) < 4.78 is 18.7. The lowest BCUT2D eigenvalue weighted by atomic mass is 10.2. The monoisotopic (exact) mass is 386 g/mol. The maximum absolute atomic E-state index is 13.1. The van der Waals surface area contributed by atoms with E-state index < -0.39 is 4.92 Å². The van der Waals surface area contributed by atoms with Crippen LogP contribution in [-0.4, -0.2) is 10.8 Å². The number of hydrogen-bond donors (Lipinski definition) is 1. The molecule has 27 heavy (non-hydrogen) atoms. The van der Waals surface area contributed by atoms with Gasteiger partial charge in [-0.1, -0.05) is 0 Å². The summed E-state index contributed by atoms with van der Waals surface area (Å²) in [5, 5.41) is 15.2. The lowest BCUT2D eigenvalue weighted by molar-refractivity contribution is -0.384. The van der Waals surface area contributed by atoms with E-state index in [1.807, 2.05) is 0 Å². The molecule has 0 spiro atoms. The van der Waals surface area contributed by atoms with Gasteiger partial charge in [-0.05, 0) is 54.3 Å². The van der Waals surface area contributed by atoms with Gasteiger partial charge in [-0.3, -0.25) is 14.9 Å². The van der Waals surface area contributed by atoms with Crippen LogP contribution in [-0.2, 0) is 6.61 Å². The molecule has 1 N–H and O–H groups in total. The van der Waals surface area contributed by atoms with Gasteiger partial charge in [-0.15, -0.1) is 11.3 Å². The molecule has 1 amide bonds. The number of amides is 1. The average molecular weight is 386 g/mol. The van der Waals surface area contributed by atoms with Gasteiger partial charge >= 0.3 is 0 Å². The van der Waals surface area contributed by atoms with Gasteiger partial charge in [0.25, 0.3) is 11.6 Å². The number of nitro groups is 1. The summed E-state index contributed by atoms with van der Waals surface area (Å²) in [6, 6.07) is 11.7. The summed E-state index contributed by atoms with van der Waals surface area (Å²) in [5.74, 6) is -0.136. The number of aryl methyl sites for hydroxylation is 1. The molecule has 0 aliphatic rings. The summed E-state index contributed by atoms with van der Waals surface area (Å²) in [4.78, 5) is 23.0. The highest BCUT2D eigenvalue weighted by Crippen LogP contribution is 2.22. The number of nitrogens with zero attached hydrogens (tertiary/aromatic N) is 1. The number of anilines is 1. The zero-order valence-electron chi connectivity index (χ0n) is 14.3. The van der Waals surface area contributed by atoms with E-state index >= 15 is 0 Å². The van der Waals surface area contributed by atoms with Gasteiger partial charge in [-0.25, -0.2) is 4.39 Å². The van der Waals surface area contributed by atoms with Crippen molar-refractivity contribution in [2.75, 3.05) is 5.32 Å². The van der Waals surface area contributed by atoms with E-state index in [2.05, 4.69) is 5.32 Å². The van der Waals surface area contributed by atoms with Crippen LogP contribution in [0.25, 0.3) is 0 Å². The van der Waals surface area contributed by atoms with Crippen molar-refractivity contribution in [3.05, 3.63) is 85.8 Å². The van der Waals surface area contributed by atoms with E-state index in [1.165, 1.54) is 53.8 Å². The Balaban J connectivity index is 1.60. The third-order valence-electron chi connectivity index (χ3n) is 3.77. The largest absolute Gasteiger partial charge is 0.489 e. The Morgan fingerprint density at radius 2 is 1.96 bits per heavy atom. The first-order chi connectivity index (χ1) is 12.9. The van der Waals surface area contributed by atoms with Crippen molar-refractivity contribution in [3.63, 3.8) is 0 Å². The van der Waals surface area contributed by atoms with E-state index in [0.717, 1.165) is 5.56 Å². The van der Waals surface area contributed by atoms with Crippen LogP contribution in [0.15, 0.2) is 53.9 Å². The number of halogens is 1. The molecule has 1 heterocycles. The van der Waals surface area contributed by atoms with E-state index in [0.29, 0.717) is 21.9 Å². The Morgan fingerprint density at radius 1 is 1.22 bits per heavy atom. The summed E-state index contributed by atoms with van der Waals surface area (Å²) in [6.45, 7) is 1.95. The van der Waals surface area contributed by atoms with Gasteiger partial charge in [0, 0.05) is 23.4 Å². The van der Waals surface area contributed by atoms with Gasteiger partial charge in [0.05, 0.1) is 9.80 Å². The quantitative estimate of drug-likeness (QED) is 0.481. The topological polar surface area (TPSA) is 81.5 Å². The highest BCUT2D eigenvalue weighted by molar-refractivity contribution is 7.12. The molecule has 3 aromatic rings. The van der Waals surface area contributed by atoms with Crippen LogP contribution >= 0.6 is 11.3 Å². The smallest absolute Gasteiger partial charge is 0.269 e. The number of thiophene rings is 1. The normalized spacial score (nSPS) is 10.4. The number of benzene rings is 2. The molecule has 0 bridgehead atoms. The zero-order chi connectivity index (χ0) is 19.4. The Hall–Kier alpha value is -3.26. The third kappa shape index (κ3) is 4.68. The van der Waals surface area contributed by atoms with Gasteiger partial charge in [0.1, 0.15) is 18.2 Å². The van der Waals surface area contributed by atoms with Crippen molar-refractivity contribution < 1.29 is 18.8 Å².